The first-order valence-corrected chi connectivity index (χ1v) is 5.78. The van der Waals surface area contributed by atoms with Gasteiger partial charge >= 0.3 is 0 Å². The first-order valence-electron chi connectivity index (χ1n) is 5.78. The van der Waals surface area contributed by atoms with E-state index >= 15 is 0 Å². The number of rotatable bonds is 4. The van der Waals surface area contributed by atoms with E-state index in [0.717, 1.165) is 0 Å². The maximum Gasteiger partial charge on any atom is 0.0315 e. The maximum atomic E-state index is 4.15. The molecule has 0 radical (unpaired) electrons. The molecule has 1 aromatic rings. The van der Waals surface area contributed by atoms with Crippen molar-refractivity contribution >= 4 is 0 Å². The molecule has 1 saturated carbocycles. The predicted octanol–water partition coefficient (Wildman–Crippen LogP) is 2.92. The summed E-state index contributed by atoms with van der Waals surface area (Å²) in [6, 6.07) is 5.11. The van der Waals surface area contributed by atoms with Gasteiger partial charge in [0.15, 0.2) is 0 Å². The smallest absolute Gasteiger partial charge is 0.0315 e. The van der Waals surface area contributed by atoms with Gasteiger partial charge in [-0.3, -0.25) is 4.98 Å². The Morgan fingerprint density at radius 2 is 2.13 bits per heavy atom. The van der Waals surface area contributed by atoms with Crippen molar-refractivity contribution in [2.45, 2.75) is 45.7 Å². The largest absolute Gasteiger partial charge is 0.307 e. The summed E-state index contributed by atoms with van der Waals surface area (Å²) in [5.74, 6) is 0. The molecule has 1 fully saturated rings. The molecule has 0 bridgehead atoms. The summed E-state index contributed by atoms with van der Waals surface area (Å²) in [5.41, 5.74) is 1.81. The summed E-state index contributed by atoms with van der Waals surface area (Å²) in [7, 11) is 0. The lowest BCUT2D eigenvalue weighted by Gasteiger charge is -2.25. The Morgan fingerprint density at radius 1 is 1.40 bits per heavy atom. The summed E-state index contributed by atoms with van der Waals surface area (Å²) >= 11 is 0. The molecule has 2 unspecified atom stereocenters. The second kappa shape index (κ2) is 3.93. The lowest BCUT2D eigenvalue weighted by molar-refractivity contribution is 0.350. The zero-order chi connectivity index (χ0) is 10.9. The summed E-state index contributed by atoms with van der Waals surface area (Å²) in [6.45, 7) is 6.86. The highest BCUT2D eigenvalue weighted by atomic mass is 15.0. The molecule has 0 aliphatic heterocycles. The van der Waals surface area contributed by atoms with Crippen LogP contribution in [-0.4, -0.2) is 11.0 Å². The summed E-state index contributed by atoms with van der Waals surface area (Å²) < 4.78 is 0. The lowest BCUT2D eigenvalue weighted by Crippen LogP contribution is -2.35. The Kier molecular flexibility index (Phi) is 2.79. The van der Waals surface area contributed by atoms with Crippen LogP contribution in [0.5, 0.6) is 0 Å². The van der Waals surface area contributed by atoms with E-state index in [1.54, 1.807) is 0 Å². The van der Waals surface area contributed by atoms with Gasteiger partial charge in [0.25, 0.3) is 0 Å². The van der Waals surface area contributed by atoms with E-state index in [1.807, 2.05) is 18.5 Å². The molecular weight excluding hydrogens is 184 g/mol. The highest BCUT2D eigenvalue weighted by molar-refractivity contribution is 5.13. The minimum atomic E-state index is 0.395. The Morgan fingerprint density at radius 3 is 2.67 bits per heavy atom. The summed E-state index contributed by atoms with van der Waals surface area (Å²) in [6.07, 6.45) is 6.49. The van der Waals surface area contributed by atoms with E-state index in [-0.39, 0.29) is 0 Å². The van der Waals surface area contributed by atoms with Crippen molar-refractivity contribution in [1.29, 1.82) is 0 Å². The Bertz CT molecular complexity index is 317. The van der Waals surface area contributed by atoms with E-state index in [2.05, 4.69) is 37.1 Å². The minimum Gasteiger partial charge on any atom is -0.307 e. The van der Waals surface area contributed by atoms with Crippen LogP contribution in [0.15, 0.2) is 24.5 Å². The Hall–Kier alpha value is -0.890. The van der Waals surface area contributed by atoms with Crippen LogP contribution < -0.4 is 5.32 Å². The quantitative estimate of drug-likeness (QED) is 0.815. The highest BCUT2D eigenvalue weighted by Crippen LogP contribution is 2.48. The van der Waals surface area contributed by atoms with Gasteiger partial charge in [-0.1, -0.05) is 13.0 Å². The van der Waals surface area contributed by atoms with Crippen molar-refractivity contribution in [3.8, 4) is 0 Å². The second-order valence-corrected chi connectivity index (χ2v) is 5.05. The molecule has 1 N–H and O–H groups in total. The molecule has 0 aromatic carbocycles. The van der Waals surface area contributed by atoms with Gasteiger partial charge in [-0.05, 0) is 43.7 Å². The lowest BCUT2D eigenvalue weighted by atomic mass is 9.99. The van der Waals surface area contributed by atoms with Crippen LogP contribution in [0.1, 0.15) is 45.2 Å². The van der Waals surface area contributed by atoms with Crippen LogP contribution in [0.3, 0.4) is 0 Å². The third-order valence-corrected chi connectivity index (χ3v) is 3.77. The molecule has 1 aliphatic rings. The van der Waals surface area contributed by atoms with Crippen molar-refractivity contribution in [2.75, 3.05) is 0 Å². The Labute approximate surface area is 92.1 Å². The number of aromatic nitrogens is 1. The average molecular weight is 204 g/mol. The van der Waals surface area contributed by atoms with Gasteiger partial charge in [-0.2, -0.15) is 0 Å². The molecule has 1 aromatic heterocycles. The molecule has 0 saturated heterocycles. The highest BCUT2D eigenvalue weighted by Gasteiger charge is 2.42. The zero-order valence-corrected chi connectivity index (χ0v) is 9.83. The first-order chi connectivity index (χ1) is 7.12. The fourth-order valence-corrected chi connectivity index (χ4v) is 1.93. The molecule has 82 valence electrons. The van der Waals surface area contributed by atoms with E-state index in [4.69, 9.17) is 0 Å². The molecule has 2 nitrogen and oxygen atoms in total. The molecule has 15 heavy (non-hydrogen) atoms. The average Bonchev–Trinajstić information content (AvgIpc) is 2.99. The van der Waals surface area contributed by atoms with Gasteiger partial charge in [0.2, 0.25) is 0 Å². The fourth-order valence-electron chi connectivity index (χ4n) is 1.93. The van der Waals surface area contributed by atoms with Gasteiger partial charge < -0.3 is 5.32 Å². The molecule has 2 heteroatoms. The fraction of sp³-hybridized carbons (Fsp3) is 0.615. The number of nitrogens with zero attached hydrogens (tertiary/aromatic N) is 1. The van der Waals surface area contributed by atoms with Gasteiger partial charge in [-0.25, -0.2) is 0 Å². The van der Waals surface area contributed by atoms with Crippen LogP contribution in [-0.2, 0) is 0 Å². The molecule has 1 heterocycles. The van der Waals surface area contributed by atoms with Gasteiger partial charge in [0.1, 0.15) is 0 Å². The summed E-state index contributed by atoms with van der Waals surface area (Å²) in [5, 5.41) is 3.66. The zero-order valence-electron chi connectivity index (χ0n) is 9.83. The Balaban J connectivity index is 1.95. The number of hydrogen-bond acceptors (Lipinski definition) is 2. The van der Waals surface area contributed by atoms with E-state index < -0.39 is 0 Å². The summed E-state index contributed by atoms with van der Waals surface area (Å²) in [4.78, 5) is 4.15. The van der Waals surface area contributed by atoms with Crippen molar-refractivity contribution in [3.63, 3.8) is 0 Å². The number of nitrogens with one attached hydrogen (secondary N) is 1. The van der Waals surface area contributed by atoms with Crippen LogP contribution in [0, 0.1) is 5.41 Å². The van der Waals surface area contributed by atoms with E-state index in [9.17, 15) is 0 Å². The third-order valence-electron chi connectivity index (χ3n) is 3.77. The topological polar surface area (TPSA) is 24.9 Å². The first kappa shape index (κ1) is 10.6. The third kappa shape index (κ3) is 2.37. The second-order valence-electron chi connectivity index (χ2n) is 5.05. The molecule has 1 aliphatic carbocycles. The van der Waals surface area contributed by atoms with Crippen molar-refractivity contribution in [1.82, 2.24) is 10.3 Å². The van der Waals surface area contributed by atoms with Gasteiger partial charge in [0.05, 0.1) is 0 Å². The van der Waals surface area contributed by atoms with Gasteiger partial charge in [-0.15, -0.1) is 0 Å². The van der Waals surface area contributed by atoms with Crippen molar-refractivity contribution < 1.29 is 0 Å². The minimum absolute atomic E-state index is 0.395. The number of pyridine rings is 1. The monoisotopic (exact) mass is 204 g/mol. The molecule has 0 spiro atoms. The predicted molar refractivity (Wildman–Crippen MR) is 62.6 cm³/mol. The standard InChI is InChI=1S/C13H20N2/c1-10(12-5-4-8-14-9-12)15-11(2)13(3)6-7-13/h4-5,8-11,15H,6-7H2,1-3H3. The van der Waals surface area contributed by atoms with Gasteiger partial charge in [0, 0.05) is 24.5 Å². The SMILES string of the molecule is CC(NC(C)C1(C)CC1)c1cccnc1. The normalized spacial score (nSPS) is 22.1. The molecule has 2 atom stereocenters. The van der Waals surface area contributed by atoms with Crippen LogP contribution in [0.4, 0.5) is 0 Å². The van der Waals surface area contributed by atoms with Crippen molar-refractivity contribution in [2.24, 2.45) is 5.41 Å². The maximum absolute atomic E-state index is 4.15. The van der Waals surface area contributed by atoms with E-state index in [0.29, 0.717) is 17.5 Å². The van der Waals surface area contributed by atoms with Crippen LogP contribution >= 0.6 is 0 Å². The molecule has 0 amide bonds. The van der Waals surface area contributed by atoms with Crippen molar-refractivity contribution in [3.05, 3.63) is 30.1 Å². The van der Waals surface area contributed by atoms with Crippen LogP contribution in [0.2, 0.25) is 0 Å². The molecular formula is C13H20N2. The number of hydrogen-bond donors (Lipinski definition) is 1. The van der Waals surface area contributed by atoms with Crippen LogP contribution in [0.25, 0.3) is 0 Å². The van der Waals surface area contributed by atoms with E-state index in [1.165, 1.54) is 18.4 Å². The molecule has 2 rings (SSSR count).